The van der Waals surface area contributed by atoms with Gasteiger partial charge in [0.15, 0.2) is 11.5 Å². The van der Waals surface area contributed by atoms with Crippen LogP contribution in [0.2, 0.25) is 0 Å². The second-order valence-electron chi connectivity index (χ2n) is 8.30. The van der Waals surface area contributed by atoms with E-state index in [-0.39, 0.29) is 23.3 Å². The molecule has 0 bridgehead atoms. The zero-order chi connectivity index (χ0) is 26.4. The zero-order valence-electron chi connectivity index (χ0n) is 20.3. The first-order valence-corrected chi connectivity index (χ1v) is 11.6. The SMILES string of the molecule is COC(=O)N1CCCN(C(=O)c2ccc(-c3cnc(N)c(C(=N)OC(=N)c4ccccc4)n3)cc2)CC1. The number of methoxy groups -OCH3 is 1. The van der Waals surface area contributed by atoms with Gasteiger partial charge in [-0.05, 0) is 30.7 Å². The molecule has 0 unspecified atom stereocenters. The summed E-state index contributed by atoms with van der Waals surface area (Å²) in [4.78, 5) is 36.7. The summed E-state index contributed by atoms with van der Waals surface area (Å²) in [7, 11) is 1.35. The van der Waals surface area contributed by atoms with Crippen molar-refractivity contribution >= 4 is 29.6 Å². The molecule has 11 nitrogen and oxygen atoms in total. The van der Waals surface area contributed by atoms with Gasteiger partial charge in [0.2, 0.25) is 11.8 Å². The Hall–Kier alpha value is -4.80. The summed E-state index contributed by atoms with van der Waals surface area (Å²) in [5.41, 5.74) is 8.07. The Labute approximate surface area is 213 Å². The van der Waals surface area contributed by atoms with Gasteiger partial charge in [0.05, 0.1) is 19.0 Å². The van der Waals surface area contributed by atoms with Crippen LogP contribution in [0.25, 0.3) is 11.3 Å². The first-order chi connectivity index (χ1) is 17.9. The topological polar surface area (TPSA) is 159 Å². The van der Waals surface area contributed by atoms with E-state index in [1.54, 1.807) is 58.3 Å². The van der Waals surface area contributed by atoms with E-state index in [1.807, 2.05) is 6.07 Å². The minimum Gasteiger partial charge on any atom is -0.453 e. The van der Waals surface area contributed by atoms with Gasteiger partial charge in [-0.2, -0.15) is 0 Å². The van der Waals surface area contributed by atoms with Crippen molar-refractivity contribution < 1.29 is 19.1 Å². The Morgan fingerprint density at radius 3 is 2.27 bits per heavy atom. The molecule has 0 saturated carbocycles. The normalized spacial score (nSPS) is 13.4. The molecule has 190 valence electrons. The second-order valence-corrected chi connectivity index (χ2v) is 8.30. The lowest BCUT2D eigenvalue weighted by molar-refractivity contribution is 0.0757. The Morgan fingerprint density at radius 2 is 1.57 bits per heavy atom. The zero-order valence-corrected chi connectivity index (χ0v) is 20.3. The number of hydrogen-bond donors (Lipinski definition) is 3. The van der Waals surface area contributed by atoms with Crippen molar-refractivity contribution in [3.63, 3.8) is 0 Å². The molecule has 2 heterocycles. The molecule has 0 spiro atoms. The van der Waals surface area contributed by atoms with Crippen molar-refractivity contribution in [3.05, 3.63) is 77.6 Å². The number of nitrogens with two attached hydrogens (primary N) is 1. The number of benzene rings is 2. The van der Waals surface area contributed by atoms with Gasteiger partial charge in [0, 0.05) is 42.9 Å². The first-order valence-electron chi connectivity index (χ1n) is 11.6. The summed E-state index contributed by atoms with van der Waals surface area (Å²) in [6.07, 6.45) is 1.75. The van der Waals surface area contributed by atoms with E-state index in [9.17, 15) is 9.59 Å². The van der Waals surface area contributed by atoms with Crippen molar-refractivity contribution in [3.8, 4) is 11.3 Å². The monoisotopic (exact) mass is 501 g/mol. The van der Waals surface area contributed by atoms with Gasteiger partial charge >= 0.3 is 6.09 Å². The van der Waals surface area contributed by atoms with Gasteiger partial charge in [0.1, 0.15) is 0 Å². The molecule has 4 rings (SSSR count). The number of nitrogens with one attached hydrogen (secondary N) is 2. The van der Waals surface area contributed by atoms with Gasteiger partial charge in [-0.3, -0.25) is 15.6 Å². The Kier molecular flexibility index (Phi) is 7.72. The lowest BCUT2D eigenvalue weighted by atomic mass is 10.1. The average molecular weight is 502 g/mol. The van der Waals surface area contributed by atoms with E-state index in [1.165, 1.54) is 13.3 Å². The van der Waals surface area contributed by atoms with E-state index in [0.29, 0.717) is 55.0 Å². The summed E-state index contributed by atoms with van der Waals surface area (Å²) < 4.78 is 10.1. The molecular formula is C26H27N7O4. The highest BCUT2D eigenvalue weighted by Crippen LogP contribution is 2.21. The number of anilines is 1. The molecule has 1 aliphatic heterocycles. The highest BCUT2D eigenvalue weighted by atomic mass is 16.5. The molecule has 11 heteroatoms. The maximum absolute atomic E-state index is 13.0. The van der Waals surface area contributed by atoms with Gasteiger partial charge in [0.25, 0.3) is 5.91 Å². The minimum absolute atomic E-state index is 0.00331. The predicted octanol–water partition coefficient (Wildman–Crippen LogP) is 3.01. The molecule has 0 aliphatic carbocycles. The van der Waals surface area contributed by atoms with Crippen LogP contribution in [0.1, 0.15) is 28.0 Å². The van der Waals surface area contributed by atoms with E-state index in [0.717, 1.165) is 0 Å². The largest absolute Gasteiger partial charge is 0.453 e. The summed E-state index contributed by atoms with van der Waals surface area (Å²) in [5.74, 6) is -0.724. The summed E-state index contributed by atoms with van der Waals surface area (Å²) in [6.45, 7) is 1.91. The summed E-state index contributed by atoms with van der Waals surface area (Å²) in [6, 6.07) is 15.6. The van der Waals surface area contributed by atoms with Crippen LogP contribution in [0.15, 0.2) is 60.8 Å². The molecule has 1 saturated heterocycles. The van der Waals surface area contributed by atoms with Crippen LogP contribution in [0.5, 0.6) is 0 Å². The van der Waals surface area contributed by atoms with Gasteiger partial charge < -0.3 is 25.0 Å². The third-order valence-electron chi connectivity index (χ3n) is 5.90. The molecule has 0 atom stereocenters. The maximum Gasteiger partial charge on any atom is 0.409 e. The molecule has 1 aromatic heterocycles. The van der Waals surface area contributed by atoms with E-state index < -0.39 is 12.0 Å². The number of nitrogens with zero attached hydrogens (tertiary/aromatic N) is 4. The molecule has 2 aromatic carbocycles. The third-order valence-corrected chi connectivity index (χ3v) is 5.90. The summed E-state index contributed by atoms with van der Waals surface area (Å²) >= 11 is 0. The highest BCUT2D eigenvalue weighted by Gasteiger charge is 2.23. The Balaban J connectivity index is 1.46. The van der Waals surface area contributed by atoms with E-state index >= 15 is 0 Å². The Morgan fingerprint density at radius 1 is 0.892 bits per heavy atom. The number of hydrogen-bond acceptors (Lipinski definition) is 9. The number of rotatable bonds is 4. The fourth-order valence-electron chi connectivity index (χ4n) is 3.90. The van der Waals surface area contributed by atoms with Crippen LogP contribution in [0, 0.1) is 10.8 Å². The number of carbonyl (C=O) groups is 2. The van der Waals surface area contributed by atoms with Gasteiger partial charge in [-0.25, -0.2) is 14.8 Å². The Bertz CT molecular complexity index is 1310. The van der Waals surface area contributed by atoms with Crippen LogP contribution in [-0.2, 0) is 9.47 Å². The lowest BCUT2D eigenvalue weighted by Gasteiger charge is -2.21. The molecule has 0 radical (unpaired) electrons. The number of carbonyl (C=O) groups excluding carboxylic acids is 2. The second kappa shape index (κ2) is 11.3. The quantitative estimate of drug-likeness (QED) is 0.366. The molecule has 4 N–H and O–H groups in total. The fourth-order valence-corrected chi connectivity index (χ4v) is 3.90. The molecule has 1 aliphatic rings. The van der Waals surface area contributed by atoms with Crippen LogP contribution >= 0.6 is 0 Å². The van der Waals surface area contributed by atoms with Crippen molar-refractivity contribution in [2.24, 2.45) is 0 Å². The maximum atomic E-state index is 13.0. The minimum atomic E-state index is -0.394. The number of nitrogen functional groups attached to an aromatic ring is 1. The molecular weight excluding hydrogens is 474 g/mol. The highest BCUT2D eigenvalue weighted by molar-refractivity contribution is 6.05. The number of aromatic nitrogens is 2. The number of amides is 2. The van der Waals surface area contributed by atoms with Crippen molar-refractivity contribution in [1.29, 1.82) is 10.8 Å². The predicted molar refractivity (Wildman–Crippen MR) is 138 cm³/mol. The van der Waals surface area contributed by atoms with Gasteiger partial charge in [-0.1, -0.05) is 30.3 Å². The number of ether oxygens (including phenoxy) is 2. The van der Waals surface area contributed by atoms with Crippen LogP contribution < -0.4 is 5.73 Å². The summed E-state index contributed by atoms with van der Waals surface area (Å²) in [5, 5.41) is 16.3. The lowest BCUT2D eigenvalue weighted by Crippen LogP contribution is -2.37. The average Bonchev–Trinajstić information content (AvgIpc) is 3.19. The van der Waals surface area contributed by atoms with Crippen LogP contribution in [0.3, 0.4) is 0 Å². The van der Waals surface area contributed by atoms with E-state index in [2.05, 4.69) is 9.97 Å². The van der Waals surface area contributed by atoms with Crippen molar-refractivity contribution in [2.75, 3.05) is 39.0 Å². The molecule has 3 aromatic rings. The van der Waals surface area contributed by atoms with Crippen LogP contribution in [-0.4, -0.2) is 76.9 Å². The molecule has 1 fully saturated rings. The van der Waals surface area contributed by atoms with Gasteiger partial charge in [-0.15, -0.1) is 0 Å². The van der Waals surface area contributed by atoms with Crippen LogP contribution in [0.4, 0.5) is 10.6 Å². The molecule has 37 heavy (non-hydrogen) atoms. The van der Waals surface area contributed by atoms with E-state index in [4.69, 9.17) is 26.0 Å². The fraction of sp³-hybridized carbons (Fsp3) is 0.231. The molecule has 2 amide bonds. The smallest absolute Gasteiger partial charge is 0.409 e. The first kappa shape index (κ1) is 25.3. The standard InChI is InChI=1S/C26H27N7O4/c1-36-26(35)33-13-5-12-32(14-15-33)25(34)19-10-8-17(9-11-19)20-16-30-22(27)21(31-20)24(29)37-23(28)18-6-3-2-4-7-18/h2-4,6-11,16,28-29H,5,12-15H2,1H3,(H2,27,30). The third kappa shape index (κ3) is 5.89. The van der Waals surface area contributed by atoms with Crippen molar-refractivity contribution in [2.45, 2.75) is 6.42 Å². The van der Waals surface area contributed by atoms with Crippen molar-refractivity contribution in [1.82, 2.24) is 19.8 Å².